The number of aliphatic hydroxyl groups is 2. The van der Waals surface area contributed by atoms with E-state index in [2.05, 4.69) is 9.68 Å². The third-order valence-corrected chi connectivity index (χ3v) is 1.86. The van der Waals surface area contributed by atoms with E-state index in [0.717, 1.165) is 0 Å². The average molecular weight is 192 g/mol. The third kappa shape index (κ3) is 1.25. The lowest BCUT2D eigenvalue weighted by molar-refractivity contribution is -0.269. The molecule has 1 aliphatic heterocycles. The van der Waals surface area contributed by atoms with Gasteiger partial charge in [-0.1, -0.05) is 0 Å². The molecular formula is C6H12N2O5. The number of urea groups is 1. The standard InChI is InChI=1S/C6H12N2O5/c1-6(11)4(9)7(12-2)5(10)8(6)13-3/h4,9,11H,1-3H3. The zero-order chi connectivity index (χ0) is 10.2. The lowest BCUT2D eigenvalue weighted by Gasteiger charge is -2.26. The number of hydroxylamine groups is 4. The molecule has 0 aromatic carbocycles. The summed E-state index contributed by atoms with van der Waals surface area (Å²) in [7, 11) is 2.41. The highest BCUT2D eigenvalue weighted by Crippen LogP contribution is 2.28. The topological polar surface area (TPSA) is 82.5 Å². The molecule has 0 aromatic rings. The first-order valence-electron chi connectivity index (χ1n) is 3.59. The molecule has 0 bridgehead atoms. The lowest BCUT2D eigenvalue weighted by Crippen LogP contribution is -2.48. The van der Waals surface area contributed by atoms with Gasteiger partial charge in [0.2, 0.25) is 12.0 Å². The summed E-state index contributed by atoms with van der Waals surface area (Å²) in [5.74, 6) is 0. The molecule has 2 amide bonds. The van der Waals surface area contributed by atoms with Gasteiger partial charge in [-0.2, -0.15) is 10.1 Å². The quantitative estimate of drug-likeness (QED) is 0.578. The minimum atomic E-state index is -1.82. The van der Waals surface area contributed by atoms with Crippen molar-refractivity contribution in [1.82, 2.24) is 10.1 Å². The summed E-state index contributed by atoms with van der Waals surface area (Å²) < 4.78 is 0. The number of amides is 2. The van der Waals surface area contributed by atoms with Gasteiger partial charge in [-0.05, 0) is 6.92 Å². The van der Waals surface area contributed by atoms with Crippen LogP contribution in [0.4, 0.5) is 4.79 Å². The van der Waals surface area contributed by atoms with Gasteiger partial charge in [-0.25, -0.2) is 4.79 Å². The molecule has 0 aliphatic carbocycles. The Morgan fingerprint density at radius 3 is 2.23 bits per heavy atom. The maximum Gasteiger partial charge on any atom is 0.373 e. The molecule has 2 atom stereocenters. The minimum Gasteiger partial charge on any atom is -0.367 e. The van der Waals surface area contributed by atoms with E-state index < -0.39 is 18.0 Å². The van der Waals surface area contributed by atoms with Gasteiger partial charge < -0.3 is 10.2 Å². The van der Waals surface area contributed by atoms with E-state index in [-0.39, 0.29) is 0 Å². The highest BCUT2D eigenvalue weighted by atomic mass is 16.8. The van der Waals surface area contributed by atoms with Crippen molar-refractivity contribution in [3.8, 4) is 0 Å². The molecule has 1 heterocycles. The molecule has 7 heteroatoms. The predicted octanol–water partition coefficient (Wildman–Crippen LogP) is -1.13. The van der Waals surface area contributed by atoms with E-state index in [1.54, 1.807) is 0 Å². The van der Waals surface area contributed by atoms with Crippen molar-refractivity contribution in [2.24, 2.45) is 0 Å². The van der Waals surface area contributed by atoms with Crippen LogP contribution < -0.4 is 0 Å². The normalized spacial score (nSPS) is 34.5. The van der Waals surface area contributed by atoms with Gasteiger partial charge in [0.25, 0.3) is 0 Å². The highest BCUT2D eigenvalue weighted by Gasteiger charge is 2.55. The van der Waals surface area contributed by atoms with Gasteiger partial charge in [0, 0.05) is 0 Å². The van der Waals surface area contributed by atoms with E-state index in [1.807, 2.05) is 0 Å². The Kier molecular flexibility index (Phi) is 2.44. The molecule has 76 valence electrons. The minimum absolute atomic E-state index is 0.615. The summed E-state index contributed by atoms with van der Waals surface area (Å²) in [6.07, 6.45) is -1.48. The Hall–Kier alpha value is -0.890. The second-order valence-electron chi connectivity index (χ2n) is 2.74. The van der Waals surface area contributed by atoms with E-state index >= 15 is 0 Å². The molecular weight excluding hydrogens is 180 g/mol. The van der Waals surface area contributed by atoms with Crippen LogP contribution in [-0.4, -0.2) is 52.5 Å². The van der Waals surface area contributed by atoms with E-state index in [0.29, 0.717) is 10.1 Å². The maximum atomic E-state index is 11.3. The molecule has 13 heavy (non-hydrogen) atoms. The Morgan fingerprint density at radius 1 is 1.46 bits per heavy atom. The van der Waals surface area contributed by atoms with Gasteiger partial charge in [0.05, 0.1) is 14.2 Å². The van der Waals surface area contributed by atoms with Crippen molar-refractivity contribution in [3.63, 3.8) is 0 Å². The van der Waals surface area contributed by atoms with Crippen LogP contribution in [0, 0.1) is 0 Å². The summed E-state index contributed by atoms with van der Waals surface area (Å²) in [5, 5.41) is 20.2. The summed E-state index contributed by atoms with van der Waals surface area (Å²) in [6.45, 7) is 1.23. The van der Waals surface area contributed by atoms with E-state index in [9.17, 15) is 15.0 Å². The zero-order valence-electron chi connectivity index (χ0n) is 7.59. The molecule has 2 unspecified atom stereocenters. The van der Waals surface area contributed by atoms with Crippen LogP contribution in [0.15, 0.2) is 0 Å². The molecule has 1 saturated heterocycles. The first-order chi connectivity index (χ1) is 5.96. The van der Waals surface area contributed by atoms with Crippen LogP contribution in [0.5, 0.6) is 0 Å². The Labute approximate surface area is 75.0 Å². The molecule has 7 nitrogen and oxygen atoms in total. The average Bonchev–Trinajstić information content (AvgIpc) is 2.20. The van der Waals surface area contributed by atoms with Crippen LogP contribution in [-0.2, 0) is 9.68 Å². The van der Waals surface area contributed by atoms with Crippen LogP contribution >= 0.6 is 0 Å². The predicted molar refractivity (Wildman–Crippen MR) is 39.7 cm³/mol. The van der Waals surface area contributed by atoms with Crippen LogP contribution in [0.2, 0.25) is 0 Å². The smallest absolute Gasteiger partial charge is 0.367 e. The van der Waals surface area contributed by atoms with Crippen molar-refractivity contribution in [2.75, 3.05) is 14.2 Å². The second kappa shape index (κ2) is 3.11. The van der Waals surface area contributed by atoms with Crippen LogP contribution in [0.25, 0.3) is 0 Å². The number of aliphatic hydroxyl groups excluding tert-OH is 1. The van der Waals surface area contributed by atoms with E-state index in [4.69, 9.17) is 0 Å². The monoisotopic (exact) mass is 192 g/mol. The Balaban J connectivity index is 2.96. The highest BCUT2D eigenvalue weighted by molar-refractivity contribution is 5.75. The summed E-state index contributed by atoms with van der Waals surface area (Å²) >= 11 is 0. The molecule has 0 aromatic heterocycles. The number of carbonyl (C=O) groups is 1. The molecule has 2 N–H and O–H groups in total. The van der Waals surface area contributed by atoms with Crippen LogP contribution in [0.3, 0.4) is 0 Å². The second-order valence-corrected chi connectivity index (χ2v) is 2.74. The molecule has 0 saturated carbocycles. The molecule has 0 spiro atoms. The van der Waals surface area contributed by atoms with Crippen molar-refractivity contribution >= 4 is 6.03 Å². The number of carbonyl (C=O) groups excluding carboxylic acids is 1. The summed E-state index contributed by atoms with van der Waals surface area (Å²) in [6, 6.07) is -0.762. The van der Waals surface area contributed by atoms with Gasteiger partial charge >= 0.3 is 6.03 Å². The first kappa shape index (κ1) is 10.2. The van der Waals surface area contributed by atoms with Gasteiger partial charge in [-0.3, -0.25) is 9.68 Å². The number of hydrogen-bond donors (Lipinski definition) is 2. The van der Waals surface area contributed by atoms with Crippen molar-refractivity contribution in [1.29, 1.82) is 0 Å². The van der Waals surface area contributed by atoms with Crippen molar-refractivity contribution < 1.29 is 24.7 Å². The maximum absolute atomic E-state index is 11.3. The summed E-state index contributed by atoms with van der Waals surface area (Å²) in [4.78, 5) is 20.4. The van der Waals surface area contributed by atoms with Crippen LogP contribution in [0.1, 0.15) is 6.92 Å². The Bertz CT molecular complexity index is 219. The first-order valence-corrected chi connectivity index (χ1v) is 3.59. The van der Waals surface area contributed by atoms with Crippen molar-refractivity contribution in [2.45, 2.75) is 18.9 Å². The van der Waals surface area contributed by atoms with Crippen molar-refractivity contribution in [3.05, 3.63) is 0 Å². The van der Waals surface area contributed by atoms with Gasteiger partial charge in [0.15, 0.2) is 0 Å². The fourth-order valence-corrected chi connectivity index (χ4v) is 1.16. The lowest BCUT2D eigenvalue weighted by atomic mass is 10.2. The molecule has 0 radical (unpaired) electrons. The third-order valence-electron chi connectivity index (χ3n) is 1.86. The largest absolute Gasteiger partial charge is 0.373 e. The number of nitrogens with zero attached hydrogens (tertiary/aromatic N) is 2. The fraction of sp³-hybridized carbons (Fsp3) is 0.833. The zero-order valence-corrected chi connectivity index (χ0v) is 7.59. The van der Waals surface area contributed by atoms with Gasteiger partial charge in [-0.15, -0.1) is 0 Å². The van der Waals surface area contributed by atoms with Gasteiger partial charge in [0.1, 0.15) is 0 Å². The molecule has 1 rings (SSSR count). The fourth-order valence-electron chi connectivity index (χ4n) is 1.16. The summed E-state index contributed by atoms with van der Waals surface area (Å²) in [5.41, 5.74) is -1.82. The molecule has 1 fully saturated rings. The SMILES string of the molecule is CON1C(=O)N(OC)C(C)(O)C1O. The van der Waals surface area contributed by atoms with E-state index in [1.165, 1.54) is 21.1 Å². The molecule has 1 aliphatic rings. The Morgan fingerprint density at radius 2 is 2.00 bits per heavy atom. The number of rotatable bonds is 2. The number of hydrogen-bond acceptors (Lipinski definition) is 5.